The van der Waals surface area contributed by atoms with Crippen molar-refractivity contribution in [2.45, 2.75) is 31.5 Å². The Kier molecular flexibility index (Phi) is 6.12. The van der Waals surface area contributed by atoms with Crippen LogP contribution >= 0.6 is 11.8 Å². The normalized spacial score (nSPS) is 15.5. The van der Waals surface area contributed by atoms with Gasteiger partial charge in [-0.25, -0.2) is 5.01 Å². The molecule has 0 bridgehead atoms. The molecule has 1 aliphatic rings. The van der Waals surface area contributed by atoms with Crippen molar-refractivity contribution < 1.29 is 9.53 Å². The fourth-order valence-electron chi connectivity index (χ4n) is 4.10. The summed E-state index contributed by atoms with van der Waals surface area (Å²) in [5.74, 6) is 1.11. The van der Waals surface area contributed by atoms with Gasteiger partial charge in [-0.15, -0.1) is 10.2 Å². The summed E-state index contributed by atoms with van der Waals surface area (Å²) in [6.07, 6.45) is 0.611. The number of fused-ring (bicyclic) bond motifs is 1. The Morgan fingerprint density at radius 1 is 1.11 bits per heavy atom. The Balaban J connectivity index is 1.41. The minimum Gasteiger partial charge on any atom is -0.497 e. The number of ether oxygens (including phenoxy) is 1. The van der Waals surface area contributed by atoms with Crippen molar-refractivity contribution in [1.82, 2.24) is 24.6 Å². The van der Waals surface area contributed by atoms with Crippen molar-refractivity contribution in [3.8, 4) is 5.75 Å². The number of hydrogen-bond acceptors (Lipinski definition) is 7. The van der Waals surface area contributed by atoms with Crippen LogP contribution in [0.5, 0.6) is 5.75 Å². The van der Waals surface area contributed by atoms with E-state index in [2.05, 4.69) is 15.2 Å². The number of hydrogen-bond donors (Lipinski definition) is 1. The van der Waals surface area contributed by atoms with Gasteiger partial charge in [0.1, 0.15) is 5.75 Å². The molecule has 1 N–H and O–H groups in total. The standard InChI is InChI=1S/C25H24N6O3S/c1-15-4-6-18(7-5-15)21-13-20(17-8-10-19(34-3)11-9-17)29-31(21)23(33)14-35-25-28-27-24-26-22(32)12-16(2)30(24)25/h4-12,21H,13-14H2,1-3H3,(H,26,27,32). The summed E-state index contributed by atoms with van der Waals surface area (Å²) in [6, 6.07) is 17.2. The SMILES string of the molecule is COc1ccc(C2=NN(C(=O)CSc3nnc4[nH]c(=O)cc(C)n34)C(c3ccc(C)cc3)C2)cc1. The lowest BCUT2D eigenvalue weighted by Gasteiger charge is -2.22. The van der Waals surface area contributed by atoms with Gasteiger partial charge >= 0.3 is 0 Å². The van der Waals surface area contributed by atoms with Crippen LogP contribution in [0.4, 0.5) is 0 Å². The molecule has 0 fully saturated rings. The van der Waals surface area contributed by atoms with Crippen LogP contribution in [-0.4, -0.2) is 49.1 Å². The third-order valence-corrected chi connectivity index (χ3v) is 6.85. The van der Waals surface area contributed by atoms with E-state index in [1.807, 2.05) is 55.5 Å². The topological polar surface area (TPSA) is 105 Å². The third kappa shape index (κ3) is 4.57. The van der Waals surface area contributed by atoms with E-state index >= 15 is 0 Å². The Bertz CT molecular complexity index is 1470. The minimum absolute atomic E-state index is 0.126. The summed E-state index contributed by atoms with van der Waals surface area (Å²) < 4.78 is 6.99. The summed E-state index contributed by atoms with van der Waals surface area (Å²) in [5.41, 5.74) is 4.44. The van der Waals surface area contributed by atoms with E-state index < -0.39 is 0 Å². The van der Waals surface area contributed by atoms with Gasteiger partial charge in [0.25, 0.3) is 11.5 Å². The molecule has 2 aromatic carbocycles. The molecule has 2 aromatic heterocycles. The molecule has 10 heteroatoms. The average molecular weight is 489 g/mol. The van der Waals surface area contributed by atoms with Crippen LogP contribution in [0.2, 0.25) is 0 Å². The van der Waals surface area contributed by atoms with Crippen molar-refractivity contribution >= 4 is 29.2 Å². The van der Waals surface area contributed by atoms with E-state index in [-0.39, 0.29) is 23.3 Å². The second kappa shape index (κ2) is 9.38. The van der Waals surface area contributed by atoms with Crippen molar-refractivity contribution in [3.63, 3.8) is 0 Å². The van der Waals surface area contributed by atoms with Gasteiger partial charge in [0.05, 0.1) is 24.6 Å². The number of rotatable bonds is 6. The molecule has 0 radical (unpaired) electrons. The van der Waals surface area contributed by atoms with Crippen LogP contribution in [0.1, 0.15) is 34.8 Å². The van der Waals surface area contributed by atoms with Crippen LogP contribution in [0, 0.1) is 13.8 Å². The Labute approximate surface area is 205 Å². The quantitative estimate of drug-likeness (QED) is 0.417. The highest BCUT2D eigenvalue weighted by Crippen LogP contribution is 2.34. The van der Waals surface area contributed by atoms with E-state index in [1.165, 1.54) is 17.8 Å². The fraction of sp³-hybridized carbons (Fsp3) is 0.240. The third-order valence-electron chi connectivity index (χ3n) is 5.94. The molecule has 5 rings (SSSR count). The Morgan fingerprint density at radius 3 is 2.57 bits per heavy atom. The monoisotopic (exact) mass is 488 g/mol. The van der Waals surface area contributed by atoms with Crippen LogP contribution in [-0.2, 0) is 4.79 Å². The number of H-pyrrole nitrogens is 1. The lowest BCUT2D eigenvalue weighted by molar-refractivity contribution is -0.130. The van der Waals surface area contributed by atoms with Crippen molar-refractivity contribution in [2.75, 3.05) is 12.9 Å². The first-order valence-corrected chi connectivity index (χ1v) is 12.1. The van der Waals surface area contributed by atoms with Crippen molar-refractivity contribution in [1.29, 1.82) is 0 Å². The van der Waals surface area contributed by atoms with E-state index in [4.69, 9.17) is 9.84 Å². The zero-order valence-electron chi connectivity index (χ0n) is 19.6. The highest BCUT2D eigenvalue weighted by atomic mass is 32.2. The highest BCUT2D eigenvalue weighted by molar-refractivity contribution is 7.99. The number of carbonyl (C=O) groups excluding carboxylic acids is 1. The molecule has 35 heavy (non-hydrogen) atoms. The molecular formula is C25H24N6O3S. The number of carbonyl (C=O) groups is 1. The predicted molar refractivity (Wildman–Crippen MR) is 134 cm³/mol. The minimum atomic E-state index is -0.242. The number of hydrazone groups is 1. The van der Waals surface area contributed by atoms with Crippen LogP contribution in [0.15, 0.2) is 69.6 Å². The van der Waals surface area contributed by atoms with E-state index in [0.29, 0.717) is 23.0 Å². The molecule has 0 spiro atoms. The number of aromatic amines is 1. The number of aromatic nitrogens is 4. The highest BCUT2D eigenvalue weighted by Gasteiger charge is 2.33. The van der Waals surface area contributed by atoms with E-state index in [0.717, 1.165) is 28.2 Å². The Hall–Kier alpha value is -3.92. The summed E-state index contributed by atoms with van der Waals surface area (Å²) in [7, 11) is 1.63. The summed E-state index contributed by atoms with van der Waals surface area (Å²) in [5, 5.41) is 15.0. The van der Waals surface area contributed by atoms with E-state index in [9.17, 15) is 9.59 Å². The lowest BCUT2D eigenvalue weighted by Crippen LogP contribution is -2.28. The average Bonchev–Trinajstić information content (AvgIpc) is 3.48. The van der Waals surface area contributed by atoms with Crippen LogP contribution in [0.25, 0.3) is 5.78 Å². The Morgan fingerprint density at radius 2 is 1.86 bits per heavy atom. The first-order chi connectivity index (χ1) is 16.9. The number of benzene rings is 2. The predicted octanol–water partition coefficient (Wildman–Crippen LogP) is 3.51. The van der Waals surface area contributed by atoms with Gasteiger partial charge in [0.15, 0.2) is 5.16 Å². The number of nitrogens with one attached hydrogen (secondary N) is 1. The van der Waals surface area contributed by atoms with Gasteiger partial charge in [-0.2, -0.15) is 5.10 Å². The number of aryl methyl sites for hydroxylation is 2. The molecule has 1 amide bonds. The largest absolute Gasteiger partial charge is 0.497 e. The molecule has 0 saturated heterocycles. The van der Waals surface area contributed by atoms with Crippen molar-refractivity contribution in [2.24, 2.45) is 5.10 Å². The van der Waals surface area contributed by atoms with Gasteiger partial charge in [-0.1, -0.05) is 41.6 Å². The number of thioether (sulfide) groups is 1. The molecule has 3 heterocycles. The lowest BCUT2D eigenvalue weighted by atomic mass is 9.97. The second-order valence-electron chi connectivity index (χ2n) is 8.35. The number of amides is 1. The fourth-order valence-corrected chi connectivity index (χ4v) is 4.94. The summed E-state index contributed by atoms with van der Waals surface area (Å²) >= 11 is 1.26. The van der Waals surface area contributed by atoms with Gasteiger partial charge in [0.2, 0.25) is 5.78 Å². The molecular weight excluding hydrogens is 464 g/mol. The maximum absolute atomic E-state index is 13.4. The van der Waals surface area contributed by atoms with Crippen molar-refractivity contribution in [3.05, 3.63) is 87.3 Å². The second-order valence-corrected chi connectivity index (χ2v) is 9.29. The van der Waals surface area contributed by atoms with Crippen LogP contribution < -0.4 is 10.3 Å². The first kappa shape index (κ1) is 22.9. The molecule has 9 nitrogen and oxygen atoms in total. The molecule has 178 valence electrons. The van der Waals surface area contributed by atoms with Gasteiger partial charge < -0.3 is 4.74 Å². The molecule has 4 aromatic rings. The van der Waals surface area contributed by atoms with Gasteiger partial charge in [0, 0.05) is 18.2 Å². The summed E-state index contributed by atoms with van der Waals surface area (Å²) in [6.45, 7) is 3.84. The smallest absolute Gasteiger partial charge is 0.253 e. The molecule has 1 aliphatic heterocycles. The van der Waals surface area contributed by atoms with Crippen LogP contribution in [0.3, 0.4) is 0 Å². The molecule has 1 unspecified atom stereocenters. The number of nitrogens with zero attached hydrogens (tertiary/aromatic N) is 5. The molecule has 1 atom stereocenters. The zero-order chi connectivity index (χ0) is 24.5. The maximum Gasteiger partial charge on any atom is 0.253 e. The first-order valence-electron chi connectivity index (χ1n) is 11.1. The number of methoxy groups -OCH3 is 1. The van der Waals surface area contributed by atoms with E-state index in [1.54, 1.807) is 23.4 Å². The molecule has 0 aliphatic carbocycles. The molecule has 0 saturated carbocycles. The maximum atomic E-state index is 13.4. The summed E-state index contributed by atoms with van der Waals surface area (Å²) in [4.78, 5) is 27.8. The van der Waals surface area contributed by atoms with Gasteiger partial charge in [-0.3, -0.25) is 19.0 Å². The van der Waals surface area contributed by atoms with Gasteiger partial charge in [-0.05, 0) is 49.2 Å². The zero-order valence-corrected chi connectivity index (χ0v) is 20.4.